The summed E-state index contributed by atoms with van der Waals surface area (Å²) >= 11 is 0. The molecule has 0 amide bonds. The number of carbonyl (C=O) groups is 1. The van der Waals surface area contributed by atoms with Crippen LogP contribution >= 0.6 is 0 Å². The molecule has 0 saturated heterocycles. The molecule has 0 atom stereocenters. The lowest BCUT2D eigenvalue weighted by molar-refractivity contribution is -0.104. The average molecular weight is 98.1 g/mol. The van der Waals surface area contributed by atoms with Gasteiger partial charge < -0.3 is 0 Å². The summed E-state index contributed by atoms with van der Waals surface area (Å²) in [6.07, 6.45) is 3.37. The van der Waals surface area contributed by atoms with Gasteiger partial charge in [-0.15, -0.1) is 0 Å². The van der Waals surface area contributed by atoms with Gasteiger partial charge in [-0.2, -0.15) is 0 Å². The van der Waals surface area contributed by atoms with Crippen LogP contribution in [0.4, 0.5) is 0 Å². The molecule has 0 unspecified atom stereocenters. The lowest BCUT2D eigenvalue weighted by Gasteiger charge is -1.84. The molecule has 0 fully saturated rings. The van der Waals surface area contributed by atoms with Crippen molar-refractivity contribution in [3.05, 3.63) is 11.6 Å². The molecule has 0 aromatic heterocycles. The van der Waals surface area contributed by atoms with Gasteiger partial charge in [-0.05, 0) is 19.4 Å². The molecule has 0 saturated carbocycles. The third-order valence-corrected chi connectivity index (χ3v) is 0.910. The Balaban J connectivity index is 3.49. The summed E-state index contributed by atoms with van der Waals surface area (Å²) in [5.74, 6) is 0. The van der Waals surface area contributed by atoms with Gasteiger partial charge in [0.1, 0.15) is 6.29 Å². The molecule has 0 aliphatic rings. The highest BCUT2D eigenvalue weighted by molar-refractivity contribution is 5.65. The first-order chi connectivity index (χ1) is 3.31. The van der Waals surface area contributed by atoms with E-state index < -0.39 is 0 Å². The van der Waals surface area contributed by atoms with E-state index in [0.717, 1.165) is 18.3 Å². The normalized spacial score (nSPS) is 11.4. The zero-order chi connectivity index (χ0) is 5.70. The van der Waals surface area contributed by atoms with Gasteiger partial charge in [0.05, 0.1) is 0 Å². The summed E-state index contributed by atoms with van der Waals surface area (Å²) < 4.78 is 0. The first-order valence-corrected chi connectivity index (χ1v) is 2.42. The first-order valence-electron chi connectivity index (χ1n) is 2.42. The molecule has 0 rings (SSSR count). The molecule has 0 spiro atoms. The van der Waals surface area contributed by atoms with E-state index in [1.165, 1.54) is 0 Å². The molecular formula is C6H10O. The van der Waals surface area contributed by atoms with Crippen molar-refractivity contribution in [1.82, 2.24) is 0 Å². The van der Waals surface area contributed by atoms with E-state index in [1.807, 2.05) is 13.8 Å². The van der Waals surface area contributed by atoms with Crippen LogP contribution in [0.15, 0.2) is 11.6 Å². The number of allylic oxidation sites excluding steroid dienone is 2. The van der Waals surface area contributed by atoms with E-state index in [2.05, 4.69) is 0 Å². The Morgan fingerprint density at radius 2 is 2.29 bits per heavy atom. The summed E-state index contributed by atoms with van der Waals surface area (Å²) in [5.41, 5.74) is 1.13. The lowest BCUT2D eigenvalue weighted by Crippen LogP contribution is -1.69. The number of aldehydes is 1. The number of hydrogen-bond acceptors (Lipinski definition) is 1. The number of carbonyl (C=O) groups excluding carboxylic acids is 1. The minimum Gasteiger partial charge on any atom is -0.299 e. The summed E-state index contributed by atoms with van der Waals surface area (Å²) in [7, 11) is 0. The van der Waals surface area contributed by atoms with E-state index in [1.54, 1.807) is 6.08 Å². The van der Waals surface area contributed by atoms with Crippen molar-refractivity contribution in [3.8, 4) is 0 Å². The fraction of sp³-hybridized carbons (Fsp3) is 0.500. The summed E-state index contributed by atoms with van der Waals surface area (Å²) in [5, 5.41) is 0. The quantitative estimate of drug-likeness (QED) is 0.378. The number of hydrogen-bond donors (Lipinski definition) is 0. The molecule has 0 bridgehead atoms. The van der Waals surface area contributed by atoms with E-state index >= 15 is 0 Å². The fourth-order valence-corrected chi connectivity index (χ4v) is 0.234. The summed E-state index contributed by atoms with van der Waals surface area (Å²) in [4.78, 5) is 9.70. The van der Waals surface area contributed by atoms with Gasteiger partial charge in [0.2, 0.25) is 0 Å². The van der Waals surface area contributed by atoms with Crippen molar-refractivity contribution < 1.29 is 4.79 Å². The van der Waals surface area contributed by atoms with Gasteiger partial charge in [0.25, 0.3) is 0 Å². The molecule has 0 N–H and O–H groups in total. The van der Waals surface area contributed by atoms with Crippen LogP contribution in [0.25, 0.3) is 0 Å². The van der Waals surface area contributed by atoms with Crippen LogP contribution in [-0.4, -0.2) is 6.29 Å². The number of rotatable bonds is 2. The summed E-state index contributed by atoms with van der Waals surface area (Å²) in [6, 6.07) is 0. The molecule has 0 radical (unpaired) electrons. The second kappa shape index (κ2) is 3.59. The van der Waals surface area contributed by atoms with Crippen molar-refractivity contribution in [3.63, 3.8) is 0 Å². The minimum absolute atomic E-state index is 0.818. The zero-order valence-electron chi connectivity index (χ0n) is 4.77. The maximum Gasteiger partial charge on any atom is 0.142 e. The Morgan fingerprint density at radius 1 is 1.71 bits per heavy atom. The molecule has 0 aromatic rings. The Morgan fingerprint density at radius 3 is 2.43 bits per heavy atom. The third kappa shape index (κ3) is 3.23. The van der Waals surface area contributed by atoms with Crippen molar-refractivity contribution in [2.45, 2.75) is 20.3 Å². The van der Waals surface area contributed by atoms with Gasteiger partial charge in [0, 0.05) is 0 Å². The van der Waals surface area contributed by atoms with Crippen molar-refractivity contribution in [1.29, 1.82) is 0 Å². The van der Waals surface area contributed by atoms with Gasteiger partial charge in [0.15, 0.2) is 0 Å². The van der Waals surface area contributed by atoms with Crippen molar-refractivity contribution in [2.24, 2.45) is 0 Å². The fourth-order valence-electron chi connectivity index (χ4n) is 0.234. The van der Waals surface area contributed by atoms with Crippen LogP contribution < -0.4 is 0 Å². The molecule has 0 aliphatic heterocycles. The molecule has 40 valence electrons. The largest absolute Gasteiger partial charge is 0.299 e. The summed E-state index contributed by atoms with van der Waals surface area (Å²) in [6.45, 7) is 3.96. The molecule has 7 heavy (non-hydrogen) atoms. The van der Waals surface area contributed by atoms with Crippen LogP contribution in [0.2, 0.25) is 0 Å². The van der Waals surface area contributed by atoms with Crippen LogP contribution in [0.3, 0.4) is 0 Å². The van der Waals surface area contributed by atoms with Crippen molar-refractivity contribution >= 4 is 6.29 Å². The van der Waals surface area contributed by atoms with E-state index in [0.29, 0.717) is 0 Å². The third-order valence-electron chi connectivity index (χ3n) is 0.910. The predicted octanol–water partition coefficient (Wildman–Crippen LogP) is 1.54. The van der Waals surface area contributed by atoms with Gasteiger partial charge in [-0.3, -0.25) is 4.79 Å². The van der Waals surface area contributed by atoms with Crippen LogP contribution in [0.5, 0.6) is 0 Å². The van der Waals surface area contributed by atoms with E-state index in [4.69, 9.17) is 0 Å². The van der Waals surface area contributed by atoms with Crippen molar-refractivity contribution in [2.75, 3.05) is 0 Å². The second-order valence-corrected chi connectivity index (χ2v) is 1.50. The lowest BCUT2D eigenvalue weighted by atomic mass is 10.2. The molecule has 0 aromatic carbocycles. The highest BCUT2D eigenvalue weighted by Crippen LogP contribution is 1.93. The Labute approximate surface area is 44.0 Å². The van der Waals surface area contributed by atoms with Crippen LogP contribution in [0.1, 0.15) is 20.3 Å². The Hall–Kier alpha value is -0.590. The Bertz CT molecular complexity index is 82.2. The molecule has 0 aliphatic carbocycles. The van der Waals surface area contributed by atoms with E-state index in [9.17, 15) is 4.79 Å². The Kier molecular flexibility index (Phi) is 3.29. The maximum absolute atomic E-state index is 9.70. The smallest absolute Gasteiger partial charge is 0.142 e. The maximum atomic E-state index is 9.70. The highest BCUT2D eigenvalue weighted by Gasteiger charge is 1.76. The average Bonchev–Trinajstić information content (AvgIpc) is 1.68. The van der Waals surface area contributed by atoms with Gasteiger partial charge in [-0.1, -0.05) is 12.5 Å². The topological polar surface area (TPSA) is 17.1 Å². The minimum atomic E-state index is 0.818. The standard InChI is InChI=1S/C6H10O/c1-3-6(2)4-5-7/h4-5H,3H2,1-2H3/b6-4+. The first kappa shape index (κ1) is 6.41. The second-order valence-electron chi connectivity index (χ2n) is 1.50. The molecule has 1 nitrogen and oxygen atoms in total. The molecule has 1 heteroatoms. The monoisotopic (exact) mass is 98.1 g/mol. The molecular weight excluding hydrogens is 88.1 g/mol. The SMILES string of the molecule is CC/C(C)=C/C=O. The van der Waals surface area contributed by atoms with Crippen LogP contribution in [0, 0.1) is 0 Å². The highest BCUT2D eigenvalue weighted by atomic mass is 16.1. The van der Waals surface area contributed by atoms with E-state index in [-0.39, 0.29) is 0 Å². The van der Waals surface area contributed by atoms with Crippen LogP contribution in [-0.2, 0) is 4.79 Å². The van der Waals surface area contributed by atoms with Gasteiger partial charge >= 0.3 is 0 Å². The zero-order valence-corrected chi connectivity index (χ0v) is 4.77. The molecule has 0 heterocycles. The predicted molar refractivity (Wildman–Crippen MR) is 30.1 cm³/mol. The van der Waals surface area contributed by atoms with Gasteiger partial charge in [-0.25, -0.2) is 0 Å².